The highest BCUT2D eigenvalue weighted by molar-refractivity contribution is 5.96. The molecule has 2 aliphatic carbocycles. The fourth-order valence-electron chi connectivity index (χ4n) is 14.5. The van der Waals surface area contributed by atoms with E-state index in [2.05, 4.69) is 60.9 Å². The number of hydrogen-bond donors (Lipinski definition) is 7. The highest BCUT2D eigenvalue weighted by Gasteiger charge is 2.48. The maximum absolute atomic E-state index is 14.8. The van der Waals surface area contributed by atoms with E-state index < -0.39 is 83.0 Å². The quantitative estimate of drug-likeness (QED) is 0.0186. The summed E-state index contributed by atoms with van der Waals surface area (Å²) in [5.41, 5.74) is 9.02. The second-order valence-corrected chi connectivity index (χ2v) is 31.1. The van der Waals surface area contributed by atoms with Crippen LogP contribution in [0.2, 0.25) is 0 Å². The second kappa shape index (κ2) is 47.4. The van der Waals surface area contributed by atoms with Crippen molar-refractivity contribution < 1.29 is 71.9 Å². The zero-order valence-corrected chi connectivity index (χ0v) is 69.5. The third-order valence-electron chi connectivity index (χ3n) is 20.1. The molecule has 5 amide bonds. The van der Waals surface area contributed by atoms with Gasteiger partial charge < -0.3 is 70.3 Å². The molecule has 6 atom stereocenters. The van der Waals surface area contributed by atoms with Crippen molar-refractivity contribution in [2.24, 2.45) is 0 Å². The minimum absolute atomic E-state index is 0.00264. The molecule has 0 aromatic heterocycles. The third-order valence-corrected chi connectivity index (χ3v) is 20.1. The number of rotatable bonds is 27. The predicted octanol–water partition coefficient (Wildman–Crippen LogP) is 13.8. The molecule has 0 saturated carbocycles. The van der Waals surface area contributed by atoms with E-state index in [0.717, 1.165) is 61.2 Å². The number of methoxy groups -OCH3 is 2. The molecule has 3 heterocycles. The van der Waals surface area contributed by atoms with Crippen molar-refractivity contribution >= 4 is 47.6 Å². The molecule has 6 aromatic rings. The average Bonchev–Trinajstić information content (AvgIpc) is 1.63. The molecular weight excluding hydrogens is 1460 g/mol. The van der Waals surface area contributed by atoms with E-state index >= 15 is 0 Å². The summed E-state index contributed by atoms with van der Waals surface area (Å²) in [5, 5.41) is 41.9. The molecule has 3 saturated heterocycles. The van der Waals surface area contributed by atoms with Crippen LogP contribution < -0.4 is 36.6 Å². The Balaban J connectivity index is 0.000000353. The van der Waals surface area contributed by atoms with Gasteiger partial charge in [-0.15, -0.1) is 0 Å². The lowest BCUT2D eigenvalue weighted by Gasteiger charge is -2.37. The smallest absolute Gasteiger partial charge is 0.407 e. The lowest BCUT2D eigenvalue weighted by atomic mass is 9.95. The molecule has 24 nitrogen and oxygen atoms in total. The first-order valence-corrected chi connectivity index (χ1v) is 40.0. The Morgan fingerprint density at radius 1 is 0.548 bits per heavy atom. The Morgan fingerprint density at radius 3 is 1.35 bits per heavy atom. The monoisotopic (exact) mass is 1580 g/mol. The van der Waals surface area contributed by atoms with E-state index in [0.29, 0.717) is 50.9 Å². The lowest BCUT2D eigenvalue weighted by molar-refractivity contribution is -0.147. The number of carboxylic acid groups (broad SMARTS) is 1. The fourth-order valence-corrected chi connectivity index (χ4v) is 14.5. The number of carboxylic acids is 1. The van der Waals surface area contributed by atoms with Crippen LogP contribution in [0.1, 0.15) is 198 Å². The van der Waals surface area contributed by atoms with Crippen LogP contribution in [-0.2, 0) is 71.7 Å². The molecule has 0 unspecified atom stereocenters. The van der Waals surface area contributed by atoms with Gasteiger partial charge in [0.1, 0.15) is 42.4 Å². The molecule has 0 bridgehead atoms. The van der Waals surface area contributed by atoms with Gasteiger partial charge in [0.05, 0.1) is 56.2 Å². The van der Waals surface area contributed by atoms with Gasteiger partial charge in [0.2, 0.25) is 17.7 Å². The van der Waals surface area contributed by atoms with Gasteiger partial charge in [-0.1, -0.05) is 146 Å². The van der Waals surface area contributed by atoms with E-state index in [-0.39, 0.29) is 56.0 Å². The molecule has 620 valence electrons. The van der Waals surface area contributed by atoms with Crippen LogP contribution in [0.4, 0.5) is 9.59 Å². The zero-order valence-electron chi connectivity index (χ0n) is 69.5. The number of aryl methyl sites for hydroxylation is 1. The number of ketones is 1. The summed E-state index contributed by atoms with van der Waals surface area (Å²) in [6, 6.07) is 47.0. The molecule has 0 spiro atoms. The van der Waals surface area contributed by atoms with Crippen LogP contribution in [-0.4, -0.2) is 171 Å². The molecule has 3 fully saturated rings. The van der Waals surface area contributed by atoms with Crippen LogP contribution in [0.25, 0.3) is 22.3 Å². The number of amides is 5. The van der Waals surface area contributed by atoms with Crippen molar-refractivity contribution in [3.05, 3.63) is 185 Å². The first kappa shape index (κ1) is 93.4. The Hall–Kier alpha value is -10.5. The summed E-state index contributed by atoms with van der Waals surface area (Å²) < 4.78 is 33.2. The number of carbonyl (C=O) groups excluding carboxylic acids is 7. The fraction of sp³-hybridized carbons (Fsp3) is 0.495. The predicted molar refractivity (Wildman–Crippen MR) is 444 cm³/mol. The van der Waals surface area contributed by atoms with Crippen molar-refractivity contribution in [1.82, 2.24) is 36.8 Å². The molecule has 11 rings (SSSR count). The number of piperidine rings is 2. The van der Waals surface area contributed by atoms with Gasteiger partial charge in [-0.25, -0.2) is 14.4 Å². The average molecular weight is 1580 g/mol. The molecular formula is C91H121N9O15. The standard InChI is InChI=1S/C54H66N4O10.C23H27NO5.2C5H11N.2C2H3N/c1-35(68-53(2,3)4)48(57-52(64)67-34-45-43-15-10-8-13-41(43)42-14-9-11-16-44(42)45)49(61)56-46(33-38-22-26-40(65-6)27-23-38)50(62)58-32-12-30-54(58,5)51(63)55-31-29-37-19-17-36(18-20-37)21-24-39(59)25-28-47(60)66-7;1-14(29-23(2,3)4)20(21(25)26)24-22(27)28-13-19-17-11-7-5-9-15(17)16-10-6-8-12-18(16)19;2*1-2-4-6-5-3-1;2*1-2-3/h8-11,13-20,22-23,26-27,35,45-46,48H,12,21,24-25,28-34H2,1-7H3,(H,55,63)(H,56,61)(H,57,64);5-12,14,19-20H,13H2,1-4H3,(H,24,27)(H,25,26);2*6H,1-5H2;2*1H3/t35-,46+,48+,54+;14-,20+;;;;/m11..../s1. The van der Waals surface area contributed by atoms with Gasteiger partial charge in [-0.05, 0) is 213 Å². The highest BCUT2D eigenvalue weighted by atomic mass is 16.6. The number of likely N-dealkylation sites (tertiary alicyclic amines) is 1. The number of nitriles is 2. The van der Waals surface area contributed by atoms with Gasteiger partial charge in [0.25, 0.3) is 0 Å². The molecule has 5 aliphatic rings. The Morgan fingerprint density at radius 2 is 0.957 bits per heavy atom. The van der Waals surface area contributed by atoms with Crippen molar-refractivity contribution in [1.29, 1.82) is 10.5 Å². The SMILES string of the molecule is C1CCNCC1.C1CCNCC1.CC#N.CC#N.COC(=O)CCC(=O)CCc1ccc(CCNC(=O)[C@]2(C)CCCN2C(=O)[C@H](Cc2ccc(OC)cc2)NC(=O)[C@@H](NC(=O)OCC2c3ccccc3-c3ccccc32)[C@@H](C)OC(C)(C)C)cc1.C[C@@H](OC(C)(C)C)[C@H](NC(=O)OCC1c2ccccc2-c2ccccc21)C(=O)O. The first-order valence-electron chi connectivity index (χ1n) is 40.0. The Bertz CT molecular complexity index is 4060. The minimum Gasteiger partial charge on any atom is -0.497 e. The number of ether oxygens (including phenoxy) is 6. The maximum Gasteiger partial charge on any atom is 0.407 e. The molecule has 115 heavy (non-hydrogen) atoms. The normalized spacial score (nSPS) is 16.3. The summed E-state index contributed by atoms with van der Waals surface area (Å²) in [5.74, 6) is -2.62. The van der Waals surface area contributed by atoms with Gasteiger partial charge >= 0.3 is 24.1 Å². The number of fused-ring (bicyclic) bond motifs is 6. The second-order valence-electron chi connectivity index (χ2n) is 31.1. The Kier molecular flexibility index (Phi) is 38.5. The summed E-state index contributed by atoms with van der Waals surface area (Å²) in [7, 11) is 2.86. The van der Waals surface area contributed by atoms with Gasteiger partial charge in [-0.3, -0.25) is 24.0 Å². The van der Waals surface area contributed by atoms with Crippen LogP contribution in [0.15, 0.2) is 146 Å². The highest BCUT2D eigenvalue weighted by Crippen LogP contribution is 2.46. The number of Topliss-reactive ketones (excluding diaryl/α,β-unsaturated/α-hetero) is 1. The van der Waals surface area contributed by atoms with E-state index in [9.17, 15) is 43.5 Å². The van der Waals surface area contributed by atoms with E-state index in [4.69, 9.17) is 34.2 Å². The summed E-state index contributed by atoms with van der Waals surface area (Å²) in [4.78, 5) is 106. The van der Waals surface area contributed by atoms with E-state index in [1.54, 1.807) is 57.1 Å². The number of esters is 1. The molecule has 6 aromatic carbocycles. The first-order chi connectivity index (χ1) is 55.0. The van der Waals surface area contributed by atoms with Gasteiger partial charge in [0.15, 0.2) is 6.04 Å². The van der Waals surface area contributed by atoms with Crippen LogP contribution in [0, 0.1) is 22.7 Å². The number of hydrogen-bond acceptors (Lipinski definition) is 18. The largest absolute Gasteiger partial charge is 0.497 e. The summed E-state index contributed by atoms with van der Waals surface area (Å²) in [6.45, 7) is 24.7. The summed E-state index contributed by atoms with van der Waals surface area (Å²) >= 11 is 0. The van der Waals surface area contributed by atoms with Gasteiger partial charge in [-0.2, -0.15) is 10.5 Å². The molecule has 0 radical (unpaired) electrons. The van der Waals surface area contributed by atoms with Crippen LogP contribution >= 0.6 is 0 Å². The maximum atomic E-state index is 14.8. The number of carbonyl (C=O) groups is 8. The third kappa shape index (κ3) is 30.0. The summed E-state index contributed by atoms with van der Waals surface area (Å²) in [6.07, 6.45) is 8.02. The van der Waals surface area contributed by atoms with Crippen LogP contribution in [0.5, 0.6) is 5.75 Å². The number of nitrogens with one attached hydrogen (secondary N) is 6. The lowest BCUT2D eigenvalue weighted by Crippen LogP contribution is -2.62. The number of nitrogens with zero attached hydrogens (tertiary/aromatic N) is 3. The van der Waals surface area contributed by atoms with Crippen LogP contribution in [0.3, 0.4) is 0 Å². The van der Waals surface area contributed by atoms with E-state index in [1.807, 2.05) is 151 Å². The number of benzene rings is 6. The molecule has 7 N–H and O–H groups in total. The Labute approximate surface area is 679 Å². The van der Waals surface area contributed by atoms with Gasteiger partial charge in [0, 0.05) is 58.0 Å². The molecule has 24 heteroatoms. The number of alkyl carbamates (subject to hydrolysis) is 2. The minimum atomic E-state index is -1.26. The zero-order chi connectivity index (χ0) is 84.1. The van der Waals surface area contributed by atoms with Crippen molar-refractivity contribution in [3.8, 4) is 40.1 Å². The van der Waals surface area contributed by atoms with Crippen molar-refractivity contribution in [2.75, 3.05) is 66.7 Å². The van der Waals surface area contributed by atoms with E-state index in [1.165, 1.54) is 85.7 Å². The van der Waals surface area contributed by atoms with Crippen molar-refractivity contribution in [3.63, 3.8) is 0 Å². The molecule has 3 aliphatic heterocycles. The topological polar surface area (TPSA) is 335 Å². The van der Waals surface area contributed by atoms with Crippen molar-refractivity contribution in [2.45, 2.75) is 225 Å². The number of aliphatic carboxylic acids is 1.